The lowest BCUT2D eigenvalue weighted by molar-refractivity contribution is 0.572. The third-order valence-corrected chi connectivity index (χ3v) is 4.04. The van der Waals surface area contributed by atoms with E-state index in [2.05, 4.69) is 40.1 Å². The van der Waals surface area contributed by atoms with Gasteiger partial charge in [-0.3, -0.25) is 4.98 Å². The first kappa shape index (κ1) is 12.8. The van der Waals surface area contributed by atoms with Crippen LogP contribution in [0, 0.1) is 12.8 Å². The maximum absolute atomic E-state index is 6.15. The van der Waals surface area contributed by atoms with Gasteiger partial charge in [-0.25, -0.2) is 0 Å². The molecular weight excluding hydrogens is 275 g/mol. The quantitative estimate of drug-likeness (QED) is 0.852. The number of nitrogens with one attached hydrogen (secondary N) is 1. The average Bonchev–Trinajstić information content (AvgIpc) is 2.23. The largest absolute Gasteiger partial charge is 0.381 e. The minimum Gasteiger partial charge on any atom is -0.381 e. The van der Waals surface area contributed by atoms with E-state index in [4.69, 9.17) is 11.6 Å². The second-order valence-corrected chi connectivity index (χ2v) is 4.85. The topological polar surface area (TPSA) is 24.9 Å². The standard InChI is InChI=1S/C11H16BrClN2/c1-7(6-12)8(2)15-10-4-5-14-9(3)11(10)13/h4-5,7-8H,6H2,1-3H3,(H,14,15). The summed E-state index contributed by atoms with van der Waals surface area (Å²) in [5, 5.41) is 5.09. The number of aromatic nitrogens is 1. The van der Waals surface area contributed by atoms with Crippen molar-refractivity contribution in [1.29, 1.82) is 0 Å². The van der Waals surface area contributed by atoms with Gasteiger partial charge in [-0.1, -0.05) is 34.5 Å². The van der Waals surface area contributed by atoms with Gasteiger partial charge in [0.2, 0.25) is 0 Å². The van der Waals surface area contributed by atoms with Crippen molar-refractivity contribution >= 4 is 33.2 Å². The predicted molar refractivity (Wildman–Crippen MR) is 70.0 cm³/mol. The number of alkyl halides is 1. The molecule has 0 fully saturated rings. The molecule has 0 aliphatic heterocycles. The second kappa shape index (κ2) is 5.71. The summed E-state index contributed by atoms with van der Waals surface area (Å²) < 4.78 is 0. The average molecular weight is 292 g/mol. The maximum atomic E-state index is 6.15. The van der Waals surface area contributed by atoms with E-state index in [-0.39, 0.29) is 0 Å². The Labute approximate surface area is 105 Å². The smallest absolute Gasteiger partial charge is 0.0849 e. The van der Waals surface area contributed by atoms with E-state index in [9.17, 15) is 0 Å². The van der Waals surface area contributed by atoms with Crippen LogP contribution in [0.15, 0.2) is 12.3 Å². The molecule has 1 heterocycles. The van der Waals surface area contributed by atoms with E-state index >= 15 is 0 Å². The molecule has 0 radical (unpaired) electrons. The Morgan fingerprint density at radius 2 is 2.20 bits per heavy atom. The van der Waals surface area contributed by atoms with Crippen LogP contribution in [-0.4, -0.2) is 16.4 Å². The Hall–Kier alpha value is -0.280. The van der Waals surface area contributed by atoms with E-state index in [0.29, 0.717) is 17.0 Å². The molecule has 0 bridgehead atoms. The molecule has 0 spiro atoms. The molecule has 0 aromatic carbocycles. The molecule has 0 aliphatic carbocycles. The number of pyridine rings is 1. The van der Waals surface area contributed by atoms with Gasteiger partial charge in [-0.15, -0.1) is 0 Å². The minimum atomic E-state index is 0.378. The van der Waals surface area contributed by atoms with Crippen molar-refractivity contribution in [2.45, 2.75) is 26.8 Å². The zero-order chi connectivity index (χ0) is 11.4. The third kappa shape index (κ3) is 3.35. The van der Waals surface area contributed by atoms with Gasteiger partial charge in [0.25, 0.3) is 0 Å². The van der Waals surface area contributed by atoms with Gasteiger partial charge in [0, 0.05) is 17.6 Å². The summed E-state index contributed by atoms with van der Waals surface area (Å²) in [5.74, 6) is 0.550. The first-order valence-electron chi connectivity index (χ1n) is 5.00. The molecule has 2 nitrogen and oxygen atoms in total. The highest BCUT2D eigenvalue weighted by Gasteiger charge is 2.12. The van der Waals surface area contributed by atoms with Crippen LogP contribution < -0.4 is 5.32 Å². The lowest BCUT2D eigenvalue weighted by atomic mass is 10.1. The number of hydrogen-bond acceptors (Lipinski definition) is 2. The number of rotatable bonds is 4. The highest BCUT2D eigenvalue weighted by Crippen LogP contribution is 2.25. The SMILES string of the molecule is Cc1nccc(NC(C)C(C)CBr)c1Cl. The normalized spacial score (nSPS) is 14.7. The van der Waals surface area contributed by atoms with Crippen molar-refractivity contribution in [3.8, 4) is 0 Å². The molecule has 1 aromatic rings. The molecule has 0 aliphatic rings. The molecule has 0 saturated heterocycles. The fourth-order valence-electron chi connectivity index (χ4n) is 1.18. The van der Waals surface area contributed by atoms with Crippen LogP contribution in [0.2, 0.25) is 5.02 Å². The Balaban J connectivity index is 2.76. The molecule has 1 rings (SSSR count). The summed E-state index contributed by atoms with van der Waals surface area (Å²) in [7, 11) is 0. The molecule has 0 saturated carbocycles. The number of halogens is 2. The van der Waals surface area contributed by atoms with Crippen LogP contribution in [0.25, 0.3) is 0 Å². The summed E-state index contributed by atoms with van der Waals surface area (Å²) in [6.07, 6.45) is 1.77. The van der Waals surface area contributed by atoms with Crippen molar-refractivity contribution in [3.63, 3.8) is 0 Å². The number of hydrogen-bond donors (Lipinski definition) is 1. The van der Waals surface area contributed by atoms with Gasteiger partial charge in [0.05, 0.1) is 16.4 Å². The van der Waals surface area contributed by atoms with E-state index < -0.39 is 0 Å². The first-order chi connectivity index (χ1) is 7.06. The molecular formula is C11H16BrClN2. The predicted octanol–water partition coefficient (Wildman–Crippen LogP) is 3.87. The fraction of sp³-hybridized carbons (Fsp3) is 0.545. The van der Waals surface area contributed by atoms with Gasteiger partial charge in [0.1, 0.15) is 0 Å². The van der Waals surface area contributed by atoms with Crippen LogP contribution in [-0.2, 0) is 0 Å². The van der Waals surface area contributed by atoms with Crippen LogP contribution >= 0.6 is 27.5 Å². The molecule has 2 unspecified atom stereocenters. The zero-order valence-corrected chi connectivity index (χ0v) is 11.6. The molecule has 2 atom stereocenters. The minimum absolute atomic E-state index is 0.378. The van der Waals surface area contributed by atoms with Gasteiger partial charge < -0.3 is 5.32 Å². The van der Waals surface area contributed by atoms with Crippen molar-refractivity contribution < 1.29 is 0 Å². The number of aryl methyl sites for hydroxylation is 1. The zero-order valence-electron chi connectivity index (χ0n) is 9.22. The van der Waals surface area contributed by atoms with Crippen molar-refractivity contribution in [2.75, 3.05) is 10.6 Å². The van der Waals surface area contributed by atoms with Crippen LogP contribution in [0.3, 0.4) is 0 Å². The maximum Gasteiger partial charge on any atom is 0.0849 e. The molecule has 4 heteroatoms. The molecule has 0 amide bonds. The van der Waals surface area contributed by atoms with E-state index in [1.165, 1.54) is 0 Å². The molecule has 15 heavy (non-hydrogen) atoms. The summed E-state index contributed by atoms with van der Waals surface area (Å²) in [6.45, 7) is 6.25. The van der Waals surface area contributed by atoms with Crippen LogP contribution in [0.4, 0.5) is 5.69 Å². The van der Waals surface area contributed by atoms with Gasteiger partial charge in [0.15, 0.2) is 0 Å². The van der Waals surface area contributed by atoms with E-state index in [0.717, 1.165) is 16.7 Å². The Kier molecular flexibility index (Phi) is 4.87. The third-order valence-electron chi connectivity index (χ3n) is 2.54. The first-order valence-corrected chi connectivity index (χ1v) is 6.49. The second-order valence-electron chi connectivity index (χ2n) is 3.82. The lowest BCUT2D eigenvalue weighted by Crippen LogP contribution is -2.24. The van der Waals surface area contributed by atoms with E-state index in [1.807, 2.05) is 13.0 Å². The van der Waals surface area contributed by atoms with Crippen molar-refractivity contribution in [1.82, 2.24) is 4.98 Å². The Morgan fingerprint density at radius 3 is 2.80 bits per heavy atom. The van der Waals surface area contributed by atoms with Gasteiger partial charge in [-0.05, 0) is 25.8 Å². The van der Waals surface area contributed by atoms with Crippen LogP contribution in [0.1, 0.15) is 19.5 Å². The summed E-state index contributed by atoms with van der Waals surface area (Å²) in [5.41, 5.74) is 1.82. The molecule has 1 aromatic heterocycles. The highest BCUT2D eigenvalue weighted by molar-refractivity contribution is 9.09. The summed E-state index contributed by atoms with van der Waals surface area (Å²) in [4.78, 5) is 4.13. The molecule has 1 N–H and O–H groups in total. The van der Waals surface area contributed by atoms with Crippen molar-refractivity contribution in [2.24, 2.45) is 5.92 Å². The number of nitrogens with zero attached hydrogens (tertiary/aromatic N) is 1. The fourth-order valence-corrected chi connectivity index (χ4v) is 1.91. The Morgan fingerprint density at radius 1 is 1.53 bits per heavy atom. The monoisotopic (exact) mass is 290 g/mol. The summed E-state index contributed by atoms with van der Waals surface area (Å²) in [6, 6.07) is 2.29. The number of anilines is 1. The van der Waals surface area contributed by atoms with Gasteiger partial charge in [-0.2, -0.15) is 0 Å². The van der Waals surface area contributed by atoms with Gasteiger partial charge >= 0.3 is 0 Å². The Bertz CT molecular complexity index is 330. The van der Waals surface area contributed by atoms with Crippen molar-refractivity contribution in [3.05, 3.63) is 23.0 Å². The van der Waals surface area contributed by atoms with E-state index in [1.54, 1.807) is 6.20 Å². The lowest BCUT2D eigenvalue weighted by Gasteiger charge is -2.21. The van der Waals surface area contributed by atoms with Crippen LogP contribution in [0.5, 0.6) is 0 Å². The molecule has 84 valence electrons. The highest BCUT2D eigenvalue weighted by atomic mass is 79.9. The summed E-state index contributed by atoms with van der Waals surface area (Å²) >= 11 is 9.62.